The summed E-state index contributed by atoms with van der Waals surface area (Å²) in [5.41, 5.74) is 3.33. The van der Waals surface area contributed by atoms with Crippen molar-refractivity contribution >= 4 is 17.3 Å². The number of nitrogens with one attached hydrogen (secondary N) is 1. The van der Waals surface area contributed by atoms with E-state index >= 15 is 0 Å². The first kappa shape index (κ1) is 19.1. The van der Waals surface area contributed by atoms with Crippen molar-refractivity contribution in [1.29, 1.82) is 0 Å². The van der Waals surface area contributed by atoms with Gasteiger partial charge in [-0.25, -0.2) is 4.98 Å². The third-order valence-electron chi connectivity index (χ3n) is 5.18. The predicted molar refractivity (Wildman–Crippen MR) is 109 cm³/mol. The average molecular weight is 392 g/mol. The van der Waals surface area contributed by atoms with Gasteiger partial charge in [-0.05, 0) is 36.1 Å². The molecule has 0 bridgehead atoms. The minimum absolute atomic E-state index is 0.167. The van der Waals surface area contributed by atoms with Gasteiger partial charge in [0.05, 0.1) is 5.52 Å². The second kappa shape index (κ2) is 8.45. The Morgan fingerprint density at radius 1 is 1.14 bits per heavy atom. The molecule has 150 valence electrons. The van der Waals surface area contributed by atoms with Crippen LogP contribution in [-0.2, 0) is 17.7 Å². The Balaban J connectivity index is 1.59. The van der Waals surface area contributed by atoms with E-state index < -0.39 is 0 Å². The molecule has 1 aromatic carbocycles. The molecule has 1 N–H and O–H groups in total. The highest BCUT2D eigenvalue weighted by Crippen LogP contribution is 2.21. The second-order valence-corrected chi connectivity index (χ2v) is 7.09. The predicted octanol–water partition coefficient (Wildman–Crippen LogP) is 2.30. The van der Waals surface area contributed by atoms with Crippen LogP contribution < -0.4 is 5.32 Å². The monoisotopic (exact) mass is 392 g/mol. The van der Waals surface area contributed by atoms with E-state index in [-0.39, 0.29) is 23.3 Å². The Morgan fingerprint density at radius 3 is 2.76 bits per heavy atom. The van der Waals surface area contributed by atoms with Gasteiger partial charge in [0.2, 0.25) is 5.82 Å². The Labute approximate surface area is 169 Å². The third kappa shape index (κ3) is 3.86. The molecule has 7 nitrogen and oxygen atoms in total. The zero-order chi connectivity index (χ0) is 20.2. The van der Waals surface area contributed by atoms with Crippen molar-refractivity contribution in [2.45, 2.75) is 19.4 Å². The molecule has 2 aromatic heterocycles. The van der Waals surface area contributed by atoms with Gasteiger partial charge in [-0.2, -0.15) is 0 Å². The van der Waals surface area contributed by atoms with Crippen molar-refractivity contribution in [3.05, 3.63) is 71.3 Å². The number of fused-ring (bicyclic) bond motifs is 2. The number of imidazole rings is 1. The normalized spacial score (nSPS) is 13.3. The fourth-order valence-corrected chi connectivity index (χ4v) is 3.67. The van der Waals surface area contributed by atoms with Crippen LogP contribution in [0.25, 0.3) is 5.52 Å². The number of nitrogens with zero attached hydrogens (tertiary/aromatic N) is 3. The van der Waals surface area contributed by atoms with Crippen molar-refractivity contribution < 1.29 is 14.3 Å². The van der Waals surface area contributed by atoms with Crippen LogP contribution in [0.4, 0.5) is 0 Å². The number of carbonyl (C=O) groups excluding carboxylic acids is 2. The van der Waals surface area contributed by atoms with Crippen molar-refractivity contribution in [3.8, 4) is 0 Å². The lowest BCUT2D eigenvalue weighted by Crippen LogP contribution is -2.37. The summed E-state index contributed by atoms with van der Waals surface area (Å²) in [4.78, 5) is 32.1. The number of carbonyl (C=O) groups is 2. The van der Waals surface area contributed by atoms with Crippen LogP contribution in [0.5, 0.6) is 0 Å². The van der Waals surface area contributed by atoms with Crippen molar-refractivity contribution in [2.24, 2.45) is 0 Å². The van der Waals surface area contributed by atoms with Crippen LogP contribution in [0, 0.1) is 0 Å². The molecule has 0 saturated heterocycles. The average Bonchev–Trinajstić information content (AvgIpc) is 3.15. The fourth-order valence-electron chi connectivity index (χ4n) is 3.67. The summed E-state index contributed by atoms with van der Waals surface area (Å²) in [6.07, 6.45) is 3.31. The summed E-state index contributed by atoms with van der Waals surface area (Å²) in [6, 6.07) is 13.6. The summed E-state index contributed by atoms with van der Waals surface area (Å²) >= 11 is 0. The zero-order valence-corrected chi connectivity index (χ0v) is 16.4. The molecule has 0 aliphatic carbocycles. The number of rotatable bonds is 6. The summed E-state index contributed by atoms with van der Waals surface area (Å²) < 4.78 is 6.71. The van der Waals surface area contributed by atoms with Gasteiger partial charge in [0.1, 0.15) is 0 Å². The van der Waals surface area contributed by atoms with E-state index in [0.29, 0.717) is 38.2 Å². The quantitative estimate of drug-likeness (QED) is 0.653. The van der Waals surface area contributed by atoms with Crippen molar-refractivity contribution in [1.82, 2.24) is 19.6 Å². The van der Waals surface area contributed by atoms with Crippen LogP contribution in [0.15, 0.2) is 48.7 Å². The molecule has 0 unspecified atom stereocenters. The van der Waals surface area contributed by atoms with Gasteiger partial charge in [0.25, 0.3) is 11.8 Å². The molecule has 2 amide bonds. The number of hydrogen-bond donors (Lipinski definition) is 1. The van der Waals surface area contributed by atoms with E-state index in [1.54, 1.807) is 28.7 Å². The van der Waals surface area contributed by atoms with E-state index in [4.69, 9.17) is 4.74 Å². The number of methoxy groups -OCH3 is 1. The minimum Gasteiger partial charge on any atom is -0.385 e. The molecular weight excluding hydrogens is 368 g/mol. The topological polar surface area (TPSA) is 75.9 Å². The van der Waals surface area contributed by atoms with Gasteiger partial charge in [-0.1, -0.05) is 30.3 Å². The minimum atomic E-state index is -0.284. The lowest BCUT2D eigenvalue weighted by Gasteiger charge is -2.28. The standard InChI is InChI=1S/C22H24N4O3/c1-29-14-6-11-23-21(27)19-18-9-4-5-12-26(18)20(24-19)22(28)25-13-10-16-7-2-3-8-17(16)15-25/h2-5,7-9,12H,6,10-11,13-15H2,1H3,(H,23,27). The molecule has 7 heteroatoms. The van der Waals surface area contributed by atoms with E-state index in [2.05, 4.69) is 22.4 Å². The van der Waals surface area contributed by atoms with Crippen molar-refractivity contribution in [3.63, 3.8) is 0 Å². The molecule has 4 rings (SSSR count). The Kier molecular flexibility index (Phi) is 5.57. The van der Waals surface area contributed by atoms with Crippen LogP contribution in [0.1, 0.15) is 38.7 Å². The molecule has 0 saturated carbocycles. The van der Waals surface area contributed by atoms with Gasteiger partial charge in [-0.15, -0.1) is 0 Å². The van der Waals surface area contributed by atoms with Crippen LogP contribution in [0.2, 0.25) is 0 Å². The first-order chi connectivity index (χ1) is 14.2. The largest absolute Gasteiger partial charge is 0.385 e. The molecule has 3 aromatic rings. The van der Waals surface area contributed by atoms with E-state index in [9.17, 15) is 9.59 Å². The molecule has 1 aliphatic heterocycles. The summed E-state index contributed by atoms with van der Waals surface area (Å²) in [7, 11) is 1.63. The summed E-state index contributed by atoms with van der Waals surface area (Å²) in [6.45, 7) is 2.25. The maximum absolute atomic E-state index is 13.3. The maximum atomic E-state index is 13.3. The lowest BCUT2D eigenvalue weighted by atomic mass is 10.00. The van der Waals surface area contributed by atoms with Gasteiger partial charge < -0.3 is 15.0 Å². The fraction of sp³-hybridized carbons (Fsp3) is 0.318. The van der Waals surface area contributed by atoms with E-state index in [0.717, 1.165) is 12.0 Å². The highest BCUT2D eigenvalue weighted by molar-refractivity contribution is 6.02. The smallest absolute Gasteiger partial charge is 0.290 e. The van der Waals surface area contributed by atoms with Crippen LogP contribution in [0.3, 0.4) is 0 Å². The van der Waals surface area contributed by atoms with Crippen LogP contribution >= 0.6 is 0 Å². The van der Waals surface area contributed by atoms with E-state index in [1.807, 2.05) is 24.3 Å². The SMILES string of the molecule is COCCCNC(=O)c1nc(C(=O)N2CCc3ccccc3C2)n2ccccc12. The van der Waals surface area contributed by atoms with Crippen LogP contribution in [-0.4, -0.2) is 52.9 Å². The molecular formula is C22H24N4O3. The first-order valence-electron chi connectivity index (χ1n) is 9.79. The highest BCUT2D eigenvalue weighted by Gasteiger charge is 2.27. The Morgan fingerprint density at radius 2 is 1.93 bits per heavy atom. The van der Waals surface area contributed by atoms with Gasteiger partial charge in [0, 0.05) is 39.5 Å². The first-order valence-corrected chi connectivity index (χ1v) is 9.79. The molecule has 1 aliphatic rings. The number of pyridine rings is 1. The number of ether oxygens (including phenoxy) is 1. The molecule has 29 heavy (non-hydrogen) atoms. The van der Waals surface area contributed by atoms with Gasteiger partial charge in [0.15, 0.2) is 5.69 Å². The number of aromatic nitrogens is 2. The molecule has 0 radical (unpaired) electrons. The highest BCUT2D eigenvalue weighted by atomic mass is 16.5. The molecule has 0 fully saturated rings. The molecule has 0 spiro atoms. The van der Waals surface area contributed by atoms with Gasteiger partial charge in [-0.3, -0.25) is 14.0 Å². The Hall–Kier alpha value is -3.19. The summed E-state index contributed by atoms with van der Waals surface area (Å²) in [5.74, 6) is -0.186. The number of amides is 2. The van der Waals surface area contributed by atoms with Gasteiger partial charge >= 0.3 is 0 Å². The molecule has 3 heterocycles. The maximum Gasteiger partial charge on any atom is 0.290 e. The molecule has 0 atom stereocenters. The summed E-state index contributed by atoms with van der Waals surface area (Å²) in [5, 5.41) is 2.85. The second-order valence-electron chi connectivity index (χ2n) is 7.09. The third-order valence-corrected chi connectivity index (χ3v) is 5.18. The Bertz CT molecular complexity index is 1040. The zero-order valence-electron chi connectivity index (χ0n) is 16.4. The van der Waals surface area contributed by atoms with Crippen molar-refractivity contribution in [2.75, 3.05) is 26.8 Å². The lowest BCUT2D eigenvalue weighted by molar-refractivity contribution is 0.0721. The van der Waals surface area contributed by atoms with E-state index in [1.165, 1.54) is 5.56 Å². The number of benzene rings is 1. The number of hydrogen-bond acceptors (Lipinski definition) is 4.